The number of methoxy groups -OCH3 is 1. The molecule has 7 nitrogen and oxygen atoms in total. The number of hydrogen-bond donors (Lipinski definition) is 3. The lowest BCUT2D eigenvalue weighted by atomic mass is 9.48. The van der Waals surface area contributed by atoms with Crippen LogP contribution in [-0.2, 0) is 18.9 Å². The zero-order chi connectivity index (χ0) is 30.6. The molecule has 3 saturated carbocycles. The molecule has 42 heavy (non-hydrogen) atoms. The predicted octanol–water partition coefficient (Wildman–Crippen LogP) is 5.91. The van der Waals surface area contributed by atoms with Crippen LogP contribution >= 0.6 is 0 Å². The van der Waals surface area contributed by atoms with Gasteiger partial charge in [-0.2, -0.15) is 0 Å². The molecule has 3 fully saturated rings. The quantitative estimate of drug-likeness (QED) is 0.150. The molecule has 0 aromatic heterocycles. The lowest BCUT2D eigenvalue weighted by Gasteiger charge is -2.60. The molecule has 0 heterocycles. The van der Waals surface area contributed by atoms with Crippen molar-refractivity contribution in [1.29, 1.82) is 0 Å². The second kappa shape index (κ2) is 18.0. The van der Waals surface area contributed by atoms with E-state index in [2.05, 4.69) is 27.7 Å². The third-order valence-electron chi connectivity index (χ3n) is 12.0. The Morgan fingerprint density at radius 3 is 2.05 bits per heavy atom. The average Bonchev–Trinajstić information content (AvgIpc) is 3.35. The summed E-state index contributed by atoms with van der Waals surface area (Å²) in [4.78, 5) is 0. The first-order chi connectivity index (χ1) is 20.3. The minimum atomic E-state index is 0.145. The highest BCUT2D eigenvalue weighted by molar-refractivity contribution is 5.12. The van der Waals surface area contributed by atoms with Crippen molar-refractivity contribution in [3.63, 3.8) is 0 Å². The Balaban J connectivity index is 1.93. The molecule has 0 aromatic carbocycles. The van der Waals surface area contributed by atoms with Crippen molar-refractivity contribution in [3.8, 4) is 0 Å². The SMILES string of the molecule is CC[C@@H](OCCCN)C1[C@@H]2CC[C@H]([C@H](C)CCCOC)[C@@]2(C)[C@@H](OCCCN)C[C@@H]1[C@]1(C)CC[C@H](OCCCN)CC1. The zero-order valence-corrected chi connectivity index (χ0v) is 28.1. The predicted molar refractivity (Wildman–Crippen MR) is 173 cm³/mol. The molecule has 8 atom stereocenters. The van der Waals surface area contributed by atoms with Crippen molar-refractivity contribution in [2.24, 2.45) is 57.6 Å². The Hall–Kier alpha value is -0.280. The van der Waals surface area contributed by atoms with Gasteiger partial charge in [0.15, 0.2) is 0 Å². The second-order valence-electron chi connectivity index (χ2n) is 14.5. The molecule has 7 heteroatoms. The van der Waals surface area contributed by atoms with Gasteiger partial charge >= 0.3 is 0 Å². The van der Waals surface area contributed by atoms with Crippen LogP contribution in [0.3, 0.4) is 0 Å². The largest absolute Gasteiger partial charge is 0.385 e. The van der Waals surface area contributed by atoms with E-state index in [9.17, 15) is 0 Å². The number of nitrogens with two attached hydrogens (primary N) is 3. The Kier molecular flexibility index (Phi) is 15.5. The van der Waals surface area contributed by atoms with Gasteiger partial charge in [-0.15, -0.1) is 0 Å². The van der Waals surface area contributed by atoms with Crippen LogP contribution in [0.5, 0.6) is 0 Å². The molecule has 3 aliphatic rings. The highest BCUT2D eigenvalue weighted by Gasteiger charge is 2.63. The molecule has 1 unspecified atom stereocenters. The number of fused-ring (bicyclic) bond motifs is 1. The molecule has 0 aromatic rings. The van der Waals surface area contributed by atoms with E-state index in [4.69, 9.17) is 36.1 Å². The van der Waals surface area contributed by atoms with Crippen LogP contribution in [0.4, 0.5) is 0 Å². The number of ether oxygens (including phenoxy) is 4. The van der Waals surface area contributed by atoms with Gasteiger partial charge in [0.2, 0.25) is 0 Å². The summed E-state index contributed by atoms with van der Waals surface area (Å²) in [5.41, 5.74) is 18.0. The summed E-state index contributed by atoms with van der Waals surface area (Å²) >= 11 is 0. The molecule has 0 spiro atoms. The van der Waals surface area contributed by atoms with Crippen LogP contribution in [0.25, 0.3) is 0 Å². The highest BCUT2D eigenvalue weighted by Crippen LogP contribution is 2.66. The van der Waals surface area contributed by atoms with Crippen molar-refractivity contribution in [2.45, 2.75) is 129 Å². The van der Waals surface area contributed by atoms with Crippen molar-refractivity contribution >= 4 is 0 Å². The van der Waals surface area contributed by atoms with E-state index in [-0.39, 0.29) is 23.0 Å². The molecule has 3 rings (SSSR count). The first kappa shape index (κ1) is 36.2. The van der Waals surface area contributed by atoms with Crippen LogP contribution in [-0.4, -0.2) is 71.5 Å². The smallest absolute Gasteiger partial charge is 0.0637 e. The summed E-state index contributed by atoms with van der Waals surface area (Å²) in [5, 5.41) is 0. The summed E-state index contributed by atoms with van der Waals surface area (Å²) in [7, 11) is 1.82. The van der Waals surface area contributed by atoms with Gasteiger partial charge in [0, 0.05) is 39.0 Å². The van der Waals surface area contributed by atoms with Crippen LogP contribution in [0.1, 0.15) is 111 Å². The first-order valence-electron chi connectivity index (χ1n) is 17.7. The van der Waals surface area contributed by atoms with Gasteiger partial charge in [-0.25, -0.2) is 0 Å². The van der Waals surface area contributed by atoms with E-state index in [1.165, 1.54) is 32.1 Å². The number of rotatable bonds is 20. The summed E-state index contributed by atoms with van der Waals surface area (Å²) < 4.78 is 25.4. The molecule has 0 aliphatic heterocycles. The summed E-state index contributed by atoms with van der Waals surface area (Å²) in [6.45, 7) is 15.3. The van der Waals surface area contributed by atoms with E-state index >= 15 is 0 Å². The maximum absolute atomic E-state index is 6.96. The first-order valence-corrected chi connectivity index (χ1v) is 17.7. The van der Waals surface area contributed by atoms with Gasteiger partial charge in [-0.1, -0.05) is 27.7 Å². The van der Waals surface area contributed by atoms with E-state index in [1.807, 2.05) is 7.11 Å². The van der Waals surface area contributed by atoms with Crippen LogP contribution < -0.4 is 17.2 Å². The molecular formula is C35H69N3O4. The molecular weight excluding hydrogens is 526 g/mol. The third-order valence-corrected chi connectivity index (χ3v) is 12.0. The van der Waals surface area contributed by atoms with Crippen molar-refractivity contribution in [2.75, 3.05) is 53.2 Å². The van der Waals surface area contributed by atoms with Gasteiger partial charge < -0.3 is 36.1 Å². The molecule has 0 bridgehead atoms. The molecule has 6 N–H and O–H groups in total. The van der Waals surface area contributed by atoms with Crippen molar-refractivity contribution < 1.29 is 18.9 Å². The fourth-order valence-electron chi connectivity index (χ4n) is 9.68. The van der Waals surface area contributed by atoms with E-state index in [0.29, 0.717) is 55.3 Å². The normalized spacial score (nSPS) is 36.6. The molecule has 0 radical (unpaired) electrons. The van der Waals surface area contributed by atoms with Crippen LogP contribution in [0, 0.1) is 40.4 Å². The number of hydrogen-bond acceptors (Lipinski definition) is 7. The maximum Gasteiger partial charge on any atom is 0.0637 e. The van der Waals surface area contributed by atoms with E-state index < -0.39 is 0 Å². The Bertz CT molecular complexity index is 733. The van der Waals surface area contributed by atoms with E-state index in [0.717, 1.165) is 77.8 Å². The molecule has 0 saturated heterocycles. The van der Waals surface area contributed by atoms with E-state index in [1.54, 1.807) is 0 Å². The van der Waals surface area contributed by atoms with Crippen LogP contribution in [0.15, 0.2) is 0 Å². The molecule has 0 amide bonds. The van der Waals surface area contributed by atoms with Crippen molar-refractivity contribution in [3.05, 3.63) is 0 Å². The summed E-state index contributed by atoms with van der Waals surface area (Å²) in [5.74, 6) is 3.04. The van der Waals surface area contributed by atoms with Gasteiger partial charge in [0.25, 0.3) is 0 Å². The minimum absolute atomic E-state index is 0.145. The second-order valence-corrected chi connectivity index (χ2v) is 14.5. The summed E-state index contributed by atoms with van der Waals surface area (Å²) in [6.07, 6.45) is 15.6. The standard InChI is InChI=1S/C35H69N3O4/c1-6-31(41-23-9-19-37)33-29-13-12-28(26(2)11-7-21-39-5)35(29,4)32(42-24-10-20-38)25-30(33)34(3)16-14-27(15-17-34)40-22-8-18-36/h26-33H,6-25,36-38H2,1-5H3/t26-,27-,28-,29+,30+,31-,32+,33?,34+,35-/m1/s1. The minimum Gasteiger partial charge on any atom is -0.385 e. The lowest BCUT2D eigenvalue weighted by molar-refractivity contribution is -0.192. The van der Waals surface area contributed by atoms with Crippen molar-refractivity contribution in [1.82, 2.24) is 0 Å². The van der Waals surface area contributed by atoms with Gasteiger partial charge in [-0.3, -0.25) is 0 Å². The third kappa shape index (κ3) is 8.70. The summed E-state index contributed by atoms with van der Waals surface area (Å²) in [6, 6.07) is 0. The zero-order valence-electron chi connectivity index (χ0n) is 28.1. The maximum atomic E-state index is 6.96. The lowest BCUT2D eigenvalue weighted by Crippen LogP contribution is -2.59. The fraction of sp³-hybridized carbons (Fsp3) is 1.00. The average molecular weight is 596 g/mol. The Morgan fingerprint density at radius 2 is 1.43 bits per heavy atom. The fourth-order valence-corrected chi connectivity index (χ4v) is 9.68. The topological polar surface area (TPSA) is 115 Å². The highest BCUT2D eigenvalue weighted by atomic mass is 16.5. The Labute approximate surface area is 259 Å². The molecule has 3 aliphatic carbocycles. The van der Waals surface area contributed by atoms with Gasteiger partial charge in [0.05, 0.1) is 18.3 Å². The monoisotopic (exact) mass is 596 g/mol. The van der Waals surface area contributed by atoms with Crippen LogP contribution in [0.2, 0.25) is 0 Å². The Morgan fingerprint density at radius 1 is 0.786 bits per heavy atom. The molecule has 248 valence electrons. The van der Waals surface area contributed by atoms with Gasteiger partial charge in [-0.05, 0) is 138 Å². The van der Waals surface area contributed by atoms with Gasteiger partial charge in [0.1, 0.15) is 0 Å².